The van der Waals surface area contributed by atoms with Crippen LogP contribution < -0.4 is 11.5 Å². The molecule has 1 aromatic heterocycles. The second-order valence-electron chi connectivity index (χ2n) is 3.98. The van der Waals surface area contributed by atoms with Crippen LogP contribution in [-0.2, 0) is 0 Å². The van der Waals surface area contributed by atoms with Gasteiger partial charge in [-0.3, -0.25) is 0 Å². The third kappa shape index (κ3) is 1.69. The fourth-order valence-electron chi connectivity index (χ4n) is 1.80. The maximum atomic E-state index is 5.73. The van der Waals surface area contributed by atoms with Gasteiger partial charge in [0, 0.05) is 16.9 Å². The van der Waals surface area contributed by atoms with E-state index in [1.807, 2.05) is 42.5 Å². The highest BCUT2D eigenvalue weighted by Crippen LogP contribution is 2.22. The van der Waals surface area contributed by atoms with Gasteiger partial charge >= 0.3 is 4.28 Å². The van der Waals surface area contributed by atoms with E-state index in [2.05, 4.69) is 9.97 Å². The molecule has 0 radical (unpaired) electrons. The van der Waals surface area contributed by atoms with Gasteiger partial charge in [0.05, 0.1) is 11.0 Å². The number of nitrogens with zero attached hydrogens (tertiary/aromatic N) is 1. The lowest BCUT2D eigenvalue weighted by Gasteiger charge is -1.96. The molecule has 0 amide bonds. The average Bonchev–Trinajstić information content (AvgIpc) is 2.72. The normalized spacial score (nSPS) is 10.8. The van der Waals surface area contributed by atoms with Gasteiger partial charge in [0.15, 0.2) is 0 Å². The molecular formula is C13H15N4+3. The quantitative estimate of drug-likeness (QED) is 0.559. The second-order valence-corrected chi connectivity index (χ2v) is 3.98. The Morgan fingerprint density at radius 3 is 2.41 bits per heavy atom. The highest BCUT2D eigenvalue weighted by Gasteiger charge is 2.04. The largest absolute Gasteiger partial charge is 1.00 e. The first-order valence-electron chi connectivity index (χ1n) is 5.33. The van der Waals surface area contributed by atoms with Gasteiger partial charge in [-0.2, -0.15) is 0 Å². The molecule has 3 aromatic rings. The van der Waals surface area contributed by atoms with Crippen LogP contribution in [0.25, 0.3) is 22.4 Å². The molecule has 0 fully saturated rings. The molecule has 3 rings (SSSR count). The third-order valence-electron chi connectivity index (χ3n) is 2.69. The van der Waals surface area contributed by atoms with Crippen molar-refractivity contribution in [3.63, 3.8) is 0 Å². The molecule has 0 bridgehead atoms. The molecule has 0 aliphatic rings. The SMILES string of the molecule is Nc1ccc(-c2nc3ccc(N)cc3[nH]2)cc1.[H+].[H+].[H+]. The number of imidazole rings is 1. The van der Waals surface area contributed by atoms with Gasteiger partial charge in [0.2, 0.25) is 0 Å². The zero-order chi connectivity index (χ0) is 11.8. The number of hydrogen-bond donors (Lipinski definition) is 3. The first-order valence-corrected chi connectivity index (χ1v) is 5.33. The zero-order valence-electron chi connectivity index (χ0n) is 12.1. The predicted octanol–water partition coefficient (Wildman–Crippen LogP) is 2.73. The minimum Gasteiger partial charge on any atom is -0.399 e. The van der Waals surface area contributed by atoms with Crippen molar-refractivity contribution in [2.45, 2.75) is 0 Å². The van der Waals surface area contributed by atoms with E-state index in [1.54, 1.807) is 0 Å². The van der Waals surface area contributed by atoms with Crippen LogP contribution in [0.15, 0.2) is 42.5 Å². The minimum atomic E-state index is 0. The van der Waals surface area contributed by atoms with E-state index < -0.39 is 0 Å². The molecule has 0 aliphatic heterocycles. The number of nitrogens with two attached hydrogens (primary N) is 2. The van der Waals surface area contributed by atoms with Crippen molar-refractivity contribution in [1.29, 1.82) is 0 Å². The molecule has 0 saturated carbocycles. The summed E-state index contributed by atoms with van der Waals surface area (Å²) in [5.41, 5.74) is 15.7. The van der Waals surface area contributed by atoms with Crippen LogP contribution in [0.3, 0.4) is 0 Å². The van der Waals surface area contributed by atoms with E-state index >= 15 is 0 Å². The fraction of sp³-hybridized carbons (Fsp3) is 0. The van der Waals surface area contributed by atoms with Gasteiger partial charge in [0.1, 0.15) is 5.82 Å². The standard InChI is InChI=1S/C13H12N4/c14-9-3-1-8(2-4-9)13-16-11-6-5-10(15)7-12(11)17-13/h1-7H,14-15H2,(H,16,17)/p+3. The van der Waals surface area contributed by atoms with E-state index in [0.29, 0.717) is 0 Å². The van der Waals surface area contributed by atoms with Gasteiger partial charge in [-0.1, -0.05) is 0 Å². The van der Waals surface area contributed by atoms with Crippen LogP contribution in [0.1, 0.15) is 4.28 Å². The van der Waals surface area contributed by atoms with Crippen LogP contribution in [-0.4, -0.2) is 9.97 Å². The summed E-state index contributed by atoms with van der Waals surface area (Å²) in [6.07, 6.45) is 0. The summed E-state index contributed by atoms with van der Waals surface area (Å²) in [5, 5.41) is 0. The van der Waals surface area contributed by atoms with E-state index in [0.717, 1.165) is 33.8 Å². The summed E-state index contributed by atoms with van der Waals surface area (Å²) < 4.78 is 0. The van der Waals surface area contributed by atoms with Crippen LogP contribution in [0, 0.1) is 0 Å². The van der Waals surface area contributed by atoms with Gasteiger partial charge < -0.3 is 16.5 Å². The topological polar surface area (TPSA) is 80.7 Å². The molecule has 2 aromatic carbocycles. The van der Waals surface area contributed by atoms with Crippen LogP contribution >= 0.6 is 0 Å². The van der Waals surface area contributed by atoms with Gasteiger partial charge in [0.25, 0.3) is 0 Å². The van der Waals surface area contributed by atoms with Crippen molar-refractivity contribution in [1.82, 2.24) is 9.97 Å². The van der Waals surface area contributed by atoms with E-state index in [9.17, 15) is 0 Å². The Morgan fingerprint density at radius 2 is 1.65 bits per heavy atom. The molecule has 0 atom stereocenters. The Kier molecular flexibility index (Phi) is 2.01. The lowest BCUT2D eigenvalue weighted by molar-refractivity contribution is 1.34. The molecule has 4 nitrogen and oxygen atoms in total. The third-order valence-corrected chi connectivity index (χ3v) is 2.69. The average molecular weight is 227 g/mol. The Balaban J connectivity index is 0.00000120. The first kappa shape index (κ1) is 9.72. The number of nitrogen functional groups attached to an aromatic ring is 2. The van der Waals surface area contributed by atoms with Crippen molar-refractivity contribution in [2.75, 3.05) is 11.5 Å². The van der Waals surface area contributed by atoms with Gasteiger partial charge in [-0.05, 0) is 42.5 Å². The summed E-state index contributed by atoms with van der Waals surface area (Å²) >= 11 is 0. The van der Waals surface area contributed by atoms with Crippen molar-refractivity contribution < 1.29 is 4.28 Å². The molecule has 0 unspecified atom stereocenters. The molecule has 0 spiro atoms. The van der Waals surface area contributed by atoms with Crippen LogP contribution in [0.4, 0.5) is 11.4 Å². The molecule has 1 heterocycles. The molecule has 17 heavy (non-hydrogen) atoms. The minimum absolute atomic E-state index is 0. The number of benzene rings is 2. The van der Waals surface area contributed by atoms with Crippen molar-refractivity contribution in [3.05, 3.63) is 42.5 Å². The molecule has 0 aliphatic carbocycles. The number of nitrogens with one attached hydrogen (secondary N) is 1. The summed E-state index contributed by atoms with van der Waals surface area (Å²) in [4.78, 5) is 7.74. The maximum absolute atomic E-state index is 5.73. The summed E-state index contributed by atoms with van der Waals surface area (Å²) in [7, 11) is 0. The maximum Gasteiger partial charge on any atom is 1.00 e. The molecule has 4 heteroatoms. The molecular weight excluding hydrogens is 212 g/mol. The molecule has 5 N–H and O–H groups in total. The van der Waals surface area contributed by atoms with Crippen molar-refractivity contribution >= 4 is 22.4 Å². The first-order chi connectivity index (χ1) is 8.22. The second kappa shape index (κ2) is 3.52. The van der Waals surface area contributed by atoms with E-state index in [-0.39, 0.29) is 4.28 Å². The number of rotatable bonds is 1. The Hall–Kier alpha value is -2.49. The number of H-pyrrole nitrogens is 1. The number of aromatic nitrogens is 2. The molecule has 0 saturated heterocycles. The van der Waals surface area contributed by atoms with Crippen molar-refractivity contribution in [3.8, 4) is 11.4 Å². The lowest BCUT2D eigenvalue weighted by atomic mass is 10.2. The van der Waals surface area contributed by atoms with Gasteiger partial charge in [-0.15, -0.1) is 0 Å². The summed E-state index contributed by atoms with van der Waals surface area (Å²) in [6, 6.07) is 13.2. The zero-order valence-corrected chi connectivity index (χ0v) is 9.14. The van der Waals surface area contributed by atoms with Crippen LogP contribution in [0.2, 0.25) is 0 Å². The van der Waals surface area contributed by atoms with Crippen LogP contribution in [0.5, 0.6) is 0 Å². The Morgan fingerprint density at radius 1 is 0.941 bits per heavy atom. The summed E-state index contributed by atoms with van der Waals surface area (Å²) in [5.74, 6) is 0.825. The Labute approximate surface area is 103 Å². The Bertz CT molecular complexity index is 680. The monoisotopic (exact) mass is 227 g/mol. The van der Waals surface area contributed by atoms with E-state index in [4.69, 9.17) is 11.5 Å². The highest BCUT2D eigenvalue weighted by molar-refractivity contribution is 5.82. The number of fused-ring (bicyclic) bond motifs is 1. The van der Waals surface area contributed by atoms with E-state index in [1.165, 1.54) is 0 Å². The fourth-order valence-corrected chi connectivity index (χ4v) is 1.80. The van der Waals surface area contributed by atoms with Crippen molar-refractivity contribution in [2.24, 2.45) is 0 Å². The smallest absolute Gasteiger partial charge is 0.399 e. The van der Waals surface area contributed by atoms with Gasteiger partial charge in [-0.25, -0.2) is 4.98 Å². The summed E-state index contributed by atoms with van der Waals surface area (Å²) in [6.45, 7) is 0. The molecule has 84 valence electrons. The number of aromatic amines is 1. The highest BCUT2D eigenvalue weighted by atomic mass is 14.9. The number of hydrogen-bond acceptors (Lipinski definition) is 3. The number of anilines is 2. The predicted molar refractivity (Wildman–Crippen MR) is 73.7 cm³/mol. The lowest BCUT2D eigenvalue weighted by Crippen LogP contribution is -1.84.